The molecule has 0 atom stereocenters. The maximum atomic E-state index is 2.24. The van der Waals surface area contributed by atoms with Crippen LogP contribution in [0.3, 0.4) is 0 Å². The standard InChI is InChI=1S/3C10H14.3C9H12.3C8H10.C7H8/c1-7-5-9(3)10(4)6-8(7)2;1-7-5-8(2)10(4)9(3)6-7;1-7-5-6-8(2)10(4)9(7)3;1-7-4-8(2)6-9(3)5-7;1-7-4-5-8(2)9(3)6-7;1-7-5-4-6-8(2)9(7)3;1-7-3-5-8(2)6-4-7;1-7-4-3-5-8(2)6-7;1-7-5-3-4-6-8(7)2;1-7-5-3-2-4-6-7/h3*5-6H,1-4H3;3*4-6H,1-3H3;3*3-6H,1-2H3;2-6H,1H3. The second-order valence-corrected chi connectivity index (χ2v) is 24.8. The number of hydrogen-bond donors (Lipinski definition) is 0. The van der Waals surface area contributed by atoms with Crippen LogP contribution in [0, 0.1) is 194 Å². The number of hydrogen-bond acceptors (Lipinski definition) is 0. The quantitative estimate of drug-likeness (QED) is 0.142. The van der Waals surface area contributed by atoms with Gasteiger partial charge in [-0.05, 0) is 294 Å². The molecule has 0 bridgehead atoms. The van der Waals surface area contributed by atoms with Crippen LogP contribution in [0.5, 0.6) is 0 Å². The van der Waals surface area contributed by atoms with Crippen molar-refractivity contribution in [2.45, 2.75) is 194 Å². The highest BCUT2D eigenvalue weighted by atomic mass is 14.1. The molecule has 468 valence electrons. The van der Waals surface area contributed by atoms with Crippen LogP contribution in [-0.2, 0) is 0 Å². The van der Waals surface area contributed by atoms with Crippen molar-refractivity contribution in [2.75, 3.05) is 0 Å². The van der Waals surface area contributed by atoms with Crippen molar-refractivity contribution >= 4 is 0 Å². The normalized spacial score (nSPS) is 9.59. The number of rotatable bonds is 0. The smallest absolute Gasteiger partial charge is 0.0392 e. The molecule has 10 rings (SSSR count). The Morgan fingerprint density at radius 3 is 0.625 bits per heavy atom. The zero-order chi connectivity index (χ0) is 66.8. The first-order chi connectivity index (χ1) is 41.2. The van der Waals surface area contributed by atoms with Gasteiger partial charge in [-0.1, -0.05) is 250 Å². The Labute approximate surface area is 540 Å². The van der Waals surface area contributed by atoms with E-state index >= 15 is 0 Å². The van der Waals surface area contributed by atoms with Gasteiger partial charge >= 0.3 is 0 Å². The third-order valence-corrected chi connectivity index (χ3v) is 16.2. The lowest BCUT2D eigenvalue weighted by atomic mass is 10.0. The molecule has 0 N–H and O–H groups in total. The molecule has 0 saturated carbocycles. The van der Waals surface area contributed by atoms with Crippen molar-refractivity contribution in [3.8, 4) is 0 Å². The second-order valence-electron chi connectivity index (χ2n) is 24.8. The Morgan fingerprint density at radius 2 is 0.330 bits per heavy atom. The molecule has 0 fully saturated rings. The van der Waals surface area contributed by atoms with Gasteiger partial charge in [0.25, 0.3) is 0 Å². The van der Waals surface area contributed by atoms with Gasteiger partial charge < -0.3 is 0 Å². The van der Waals surface area contributed by atoms with E-state index in [1.807, 2.05) is 18.2 Å². The van der Waals surface area contributed by atoms with E-state index in [4.69, 9.17) is 0 Å². The molecule has 0 radical (unpaired) electrons. The largest absolute Gasteiger partial charge is 0.0622 e. The van der Waals surface area contributed by atoms with Crippen molar-refractivity contribution in [2.24, 2.45) is 0 Å². The molecule has 0 aliphatic heterocycles. The van der Waals surface area contributed by atoms with E-state index in [0.717, 1.165) is 0 Å². The fraction of sp³-hybridized carbons (Fsp3) is 0.318. The third-order valence-electron chi connectivity index (χ3n) is 16.2. The first-order valence-corrected chi connectivity index (χ1v) is 31.6. The van der Waals surface area contributed by atoms with E-state index in [9.17, 15) is 0 Å². The maximum absolute atomic E-state index is 2.24. The van der Waals surface area contributed by atoms with Crippen molar-refractivity contribution in [1.82, 2.24) is 0 Å². The Morgan fingerprint density at radius 1 is 0.114 bits per heavy atom. The monoisotopic (exact) mass is 1170 g/mol. The Hall–Kier alpha value is -7.80. The van der Waals surface area contributed by atoms with E-state index in [1.54, 1.807) is 0 Å². The first-order valence-electron chi connectivity index (χ1n) is 31.6. The average molecular weight is 1170 g/mol. The molecule has 0 amide bonds. The summed E-state index contributed by atoms with van der Waals surface area (Å²) in [5, 5.41) is 0. The zero-order valence-electron chi connectivity index (χ0n) is 60.5. The lowest BCUT2D eigenvalue weighted by Crippen LogP contribution is -1.88. The number of benzene rings is 10. The van der Waals surface area contributed by atoms with Gasteiger partial charge in [0.15, 0.2) is 0 Å². The van der Waals surface area contributed by atoms with Gasteiger partial charge in [0, 0.05) is 0 Å². The van der Waals surface area contributed by atoms with Crippen LogP contribution in [0.2, 0.25) is 0 Å². The van der Waals surface area contributed by atoms with Gasteiger partial charge in [-0.3, -0.25) is 0 Å². The summed E-state index contributed by atoms with van der Waals surface area (Å²) >= 11 is 0. The summed E-state index contributed by atoms with van der Waals surface area (Å²) in [6.45, 7) is 59.8. The molecule has 0 spiro atoms. The highest BCUT2D eigenvalue weighted by Gasteiger charge is 1.99. The van der Waals surface area contributed by atoms with Gasteiger partial charge in [0.1, 0.15) is 0 Å². The Bertz CT molecular complexity index is 3390. The van der Waals surface area contributed by atoms with E-state index in [2.05, 4.69) is 370 Å². The van der Waals surface area contributed by atoms with E-state index in [0.29, 0.717) is 0 Å². The lowest BCUT2D eigenvalue weighted by Gasteiger charge is -2.06. The fourth-order valence-electron chi connectivity index (χ4n) is 9.08. The molecular weight excluding hydrogens is 1060 g/mol. The molecule has 88 heavy (non-hydrogen) atoms. The summed E-state index contributed by atoms with van der Waals surface area (Å²) in [5.41, 5.74) is 38.5. The Balaban J connectivity index is 0.000000490. The molecule has 0 heteroatoms. The third kappa shape index (κ3) is 32.8. The highest BCUT2D eigenvalue weighted by molar-refractivity contribution is 5.39. The fourth-order valence-corrected chi connectivity index (χ4v) is 9.08. The molecule has 10 aromatic rings. The van der Waals surface area contributed by atoms with E-state index in [1.165, 1.54) is 156 Å². The minimum Gasteiger partial charge on any atom is -0.0622 e. The van der Waals surface area contributed by atoms with Crippen LogP contribution >= 0.6 is 0 Å². The predicted molar refractivity (Wildman–Crippen MR) is 397 cm³/mol. The molecule has 0 nitrogen and oxygen atoms in total. The summed E-state index contributed by atoms with van der Waals surface area (Å²) < 4.78 is 0. The minimum atomic E-state index is 1.32. The molecule has 0 saturated heterocycles. The first kappa shape index (κ1) is 78.2. The van der Waals surface area contributed by atoms with Gasteiger partial charge in [0.2, 0.25) is 0 Å². The molecule has 10 aromatic carbocycles. The van der Waals surface area contributed by atoms with Crippen LogP contribution < -0.4 is 0 Å². The van der Waals surface area contributed by atoms with Crippen LogP contribution in [-0.4, -0.2) is 0 Å². The molecule has 0 aliphatic carbocycles. The van der Waals surface area contributed by atoms with Gasteiger partial charge in [-0.15, -0.1) is 0 Å². The lowest BCUT2D eigenvalue weighted by molar-refractivity contribution is 1.22. The van der Waals surface area contributed by atoms with E-state index < -0.39 is 0 Å². The van der Waals surface area contributed by atoms with E-state index in [-0.39, 0.29) is 0 Å². The SMILES string of the molecule is Cc1cc(C)c(C)c(C)c1.Cc1cc(C)c(C)cc1C.Cc1cc(C)cc(C)c1.Cc1ccc(C)c(C)c1.Cc1ccc(C)c(C)c1C.Cc1ccc(C)cc1.Cc1cccc(C)c1.Cc1cccc(C)c1C.Cc1ccccc1.Cc1ccccc1C. The van der Waals surface area contributed by atoms with Crippen LogP contribution in [0.15, 0.2) is 194 Å². The number of aryl methyl sites for hydroxylation is 24. The molecule has 0 unspecified atom stereocenters. The minimum absolute atomic E-state index is 1.32. The van der Waals surface area contributed by atoms with Crippen molar-refractivity contribution in [3.05, 3.63) is 350 Å². The summed E-state index contributed by atoms with van der Waals surface area (Å²) in [6, 6.07) is 68.3. The van der Waals surface area contributed by atoms with Crippen molar-refractivity contribution in [1.29, 1.82) is 0 Å². The molecule has 0 aliphatic rings. The van der Waals surface area contributed by atoms with Gasteiger partial charge in [0.05, 0.1) is 0 Å². The predicted octanol–water partition coefficient (Wildman–Crippen LogP) is 25.5. The van der Waals surface area contributed by atoms with Crippen molar-refractivity contribution in [3.63, 3.8) is 0 Å². The highest BCUT2D eigenvalue weighted by Crippen LogP contribution is 2.17. The molecular formula is C88H116. The molecule has 0 heterocycles. The molecule has 0 aromatic heterocycles. The Kier molecular flexibility index (Phi) is 36.8. The van der Waals surface area contributed by atoms with Crippen molar-refractivity contribution < 1.29 is 0 Å². The maximum Gasteiger partial charge on any atom is -0.0392 e. The topological polar surface area (TPSA) is 0 Å². The zero-order valence-corrected chi connectivity index (χ0v) is 60.5. The van der Waals surface area contributed by atoms with Crippen LogP contribution in [0.25, 0.3) is 0 Å². The summed E-state index contributed by atoms with van der Waals surface area (Å²) in [5.74, 6) is 0. The average Bonchev–Trinajstić information content (AvgIpc) is 3.56. The van der Waals surface area contributed by atoms with Crippen LogP contribution in [0.4, 0.5) is 0 Å². The second kappa shape index (κ2) is 41.4. The van der Waals surface area contributed by atoms with Crippen LogP contribution in [0.1, 0.15) is 156 Å². The summed E-state index contributed by atoms with van der Waals surface area (Å²) in [4.78, 5) is 0. The van der Waals surface area contributed by atoms with Gasteiger partial charge in [-0.2, -0.15) is 0 Å². The van der Waals surface area contributed by atoms with Gasteiger partial charge in [-0.25, -0.2) is 0 Å². The summed E-state index contributed by atoms with van der Waals surface area (Å²) in [6.07, 6.45) is 0. The summed E-state index contributed by atoms with van der Waals surface area (Å²) in [7, 11) is 0.